The first-order chi connectivity index (χ1) is 9.02. The van der Waals surface area contributed by atoms with E-state index in [9.17, 15) is 9.59 Å². The van der Waals surface area contributed by atoms with Gasteiger partial charge < -0.3 is 9.88 Å². The fourth-order valence-corrected chi connectivity index (χ4v) is 2.47. The van der Waals surface area contributed by atoms with Crippen molar-refractivity contribution in [3.63, 3.8) is 0 Å². The fourth-order valence-electron chi connectivity index (χ4n) is 2.47. The lowest BCUT2D eigenvalue weighted by Crippen LogP contribution is -2.33. The number of rotatable bonds is 2. The summed E-state index contributed by atoms with van der Waals surface area (Å²) in [4.78, 5) is 29.4. The van der Waals surface area contributed by atoms with Crippen molar-refractivity contribution in [3.8, 4) is 0 Å². The summed E-state index contributed by atoms with van der Waals surface area (Å²) in [6.45, 7) is 6.20. The molecule has 1 atom stereocenters. The third-order valence-corrected chi connectivity index (χ3v) is 3.76. The molecule has 6 heteroatoms. The molecule has 0 aromatic carbocycles. The average Bonchev–Trinajstić information content (AvgIpc) is 2.91. The molecular weight excluding hydrogens is 244 g/mol. The number of nitrogens with zero attached hydrogens (tertiary/aromatic N) is 3. The molecule has 2 aromatic heterocycles. The van der Waals surface area contributed by atoms with E-state index in [2.05, 4.69) is 10.1 Å². The Labute approximate surface area is 110 Å². The molecule has 1 aliphatic rings. The van der Waals surface area contributed by atoms with Gasteiger partial charge in [-0.2, -0.15) is 9.61 Å². The second kappa shape index (κ2) is 3.94. The van der Waals surface area contributed by atoms with Gasteiger partial charge in [0.15, 0.2) is 0 Å². The maximum absolute atomic E-state index is 12.3. The highest BCUT2D eigenvalue weighted by Crippen LogP contribution is 2.22. The predicted molar refractivity (Wildman–Crippen MR) is 70.2 cm³/mol. The van der Waals surface area contributed by atoms with Gasteiger partial charge in [0.2, 0.25) is 0 Å². The lowest BCUT2D eigenvalue weighted by atomic mass is 10.2. The van der Waals surface area contributed by atoms with Crippen LogP contribution in [-0.2, 0) is 6.54 Å². The molecule has 100 valence electrons. The van der Waals surface area contributed by atoms with Crippen molar-refractivity contribution in [2.75, 3.05) is 0 Å². The molecule has 0 unspecified atom stereocenters. The van der Waals surface area contributed by atoms with Crippen LogP contribution < -0.4 is 5.56 Å². The number of hydrogen-bond donors (Lipinski definition) is 1. The van der Waals surface area contributed by atoms with E-state index >= 15 is 0 Å². The van der Waals surface area contributed by atoms with E-state index < -0.39 is 0 Å². The van der Waals surface area contributed by atoms with Gasteiger partial charge in [-0.05, 0) is 20.3 Å². The van der Waals surface area contributed by atoms with E-state index in [4.69, 9.17) is 0 Å². The number of hydrogen-bond acceptors (Lipinski definition) is 3. The number of aromatic nitrogens is 3. The molecule has 0 saturated carbocycles. The smallest absolute Gasteiger partial charge is 0.280 e. The largest absolute Gasteiger partial charge is 0.335 e. The first-order valence-electron chi connectivity index (χ1n) is 6.45. The maximum atomic E-state index is 12.3. The van der Waals surface area contributed by atoms with E-state index in [-0.39, 0.29) is 17.5 Å². The molecule has 0 saturated heterocycles. The first kappa shape index (κ1) is 12.0. The van der Waals surface area contributed by atoms with Crippen molar-refractivity contribution in [2.24, 2.45) is 0 Å². The van der Waals surface area contributed by atoms with Gasteiger partial charge in [-0.3, -0.25) is 9.59 Å². The Balaban J connectivity index is 2.19. The summed E-state index contributed by atoms with van der Waals surface area (Å²) >= 11 is 0. The van der Waals surface area contributed by atoms with E-state index in [0.29, 0.717) is 23.4 Å². The number of amides is 1. The van der Waals surface area contributed by atoms with Crippen LogP contribution in [0.1, 0.15) is 42.0 Å². The van der Waals surface area contributed by atoms with E-state index in [1.54, 1.807) is 11.0 Å². The normalized spacial score (nSPS) is 16.2. The molecule has 1 aliphatic heterocycles. The van der Waals surface area contributed by atoms with Crippen molar-refractivity contribution in [2.45, 2.75) is 39.8 Å². The SMILES string of the molecule is CC[C@H](C)N1Cc2c([nH]c3cc(C)nn3c2=O)C1=O. The van der Waals surface area contributed by atoms with Gasteiger partial charge in [-0.1, -0.05) is 6.92 Å². The summed E-state index contributed by atoms with van der Waals surface area (Å²) < 4.78 is 1.33. The van der Waals surface area contributed by atoms with Crippen molar-refractivity contribution in [3.05, 3.63) is 33.4 Å². The van der Waals surface area contributed by atoms with Crippen molar-refractivity contribution in [1.82, 2.24) is 19.5 Å². The van der Waals surface area contributed by atoms with Gasteiger partial charge in [-0.25, -0.2) is 0 Å². The zero-order valence-electron chi connectivity index (χ0n) is 11.2. The second-order valence-electron chi connectivity index (χ2n) is 5.06. The lowest BCUT2D eigenvalue weighted by Gasteiger charge is -2.22. The Hall–Kier alpha value is -2.11. The highest BCUT2D eigenvalue weighted by atomic mass is 16.2. The lowest BCUT2D eigenvalue weighted by molar-refractivity contribution is 0.0709. The molecule has 0 aliphatic carbocycles. The van der Waals surface area contributed by atoms with Crippen molar-refractivity contribution in [1.29, 1.82) is 0 Å². The van der Waals surface area contributed by atoms with Crippen LogP contribution in [0.3, 0.4) is 0 Å². The number of fused-ring (bicyclic) bond motifs is 2. The third kappa shape index (κ3) is 1.59. The number of aryl methyl sites for hydroxylation is 1. The molecule has 1 N–H and O–H groups in total. The zero-order valence-corrected chi connectivity index (χ0v) is 11.2. The quantitative estimate of drug-likeness (QED) is 0.878. The van der Waals surface area contributed by atoms with E-state index in [1.807, 2.05) is 20.8 Å². The van der Waals surface area contributed by atoms with Gasteiger partial charge in [0.05, 0.1) is 17.8 Å². The fraction of sp³-hybridized carbons (Fsp3) is 0.462. The first-order valence-corrected chi connectivity index (χ1v) is 6.45. The molecule has 19 heavy (non-hydrogen) atoms. The second-order valence-corrected chi connectivity index (χ2v) is 5.06. The van der Waals surface area contributed by atoms with Gasteiger partial charge in [0, 0.05) is 12.1 Å². The monoisotopic (exact) mass is 260 g/mol. The standard InChI is InChI=1S/C13H16N4O2/c1-4-8(3)16-6-9-11(13(16)19)14-10-5-7(2)15-17(10)12(9)18/h5,8,14H,4,6H2,1-3H3/t8-/m0/s1. The van der Waals surface area contributed by atoms with Gasteiger partial charge in [0.25, 0.3) is 11.5 Å². The molecule has 2 aromatic rings. The molecule has 0 spiro atoms. The summed E-state index contributed by atoms with van der Waals surface area (Å²) in [5.41, 5.74) is 2.05. The molecule has 0 radical (unpaired) electrons. The number of carbonyl (C=O) groups excluding carboxylic acids is 1. The Morgan fingerprint density at radius 2 is 2.21 bits per heavy atom. The zero-order chi connectivity index (χ0) is 13.7. The molecular formula is C13H16N4O2. The molecule has 0 fully saturated rings. The maximum Gasteiger partial charge on any atom is 0.280 e. The summed E-state index contributed by atoms with van der Waals surface area (Å²) in [5, 5.41) is 4.15. The van der Waals surface area contributed by atoms with Crippen LogP contribution in [0.2, 0.25) is 0 Å². The van der Waals surface area contributed by atoms with E-state index in [1.165, 1.54) is 4.52 Å². The van der Waals surface area contributed by atoms with Crippen LogP contribution in [-0.4, -0.2) is 31.4 Å². The average molecular weight is 260 g/mol. The van der Waals surface area contributed by atoms with Crippen LogP contribution in [0.25, 0.3) is 5.65 Å². The summed E-state index contributed by atoms with van der Waals surface area (Å²) in [6, 6.07) is 1.89. The minimum absolute atomic E-state index is 0.0946. The number of aromatic amines is 1. The van der Waals surface area contributed by atoms with Crippen molar-refractivity contribution >= 4 is 11.6 Å². The van der Waals surface area contributed by atoms with Crippen LogP contribution >= 0.6 is 0 Å². The van der Waals surface area contributed by atoms with Crippen LogP contribution in [0.4, 0.5) is 0 Å². The highest BCUT2D eigenvalue weighted by Gasteiger charge is 2.33. The third-order valence-electron chi connectivity index (χ3n) is 3.76. The van der Waals surface area contributed by atoms with Crippen LogP contribution in [0, 0.1) is 6.92 Å². The van der Waals surface area contributed by atoms with Gasteiger partial charge >= 0.3 is 0 Å². The van der Waals surface area contributed by atoms with Gasteiger partial charge in [-0.15, -0.1) is 0 Å². The number of nitrogens with one attached hydrogen (secondary N) is 1. The molecule has 3 heterocycles. The minimum Gasteiger partial charge on any atom is -0.335 e. The predicted octanol–water partition coefficient (Wildman–Crippen LogP) is 1.09. The Bertz CT molecular complexity index is 728. The Morgan fingerprint density at radius 3 is 2.89 bits per heavy atom. The summed E-state index contributed by atoms with van der Waals surface area (Å²) in [6.07, 6.45) is 0.865. The molecule has 1 amide bonds. The Kier molecular flexibility index (Phi) is 2.48. The highest BCUT2D eigenvalue weighted by molar-refractivity contribution is 5.97. The summed E-state index contributed by atoms with van der Waals surface area (Å²) in [5.74, 6) is -0.0946. The van der Waals surface area contributed by atoms with Crippen molar-refractivity contribution < 1.29 is 4.79 Å². The molecule has 6 nitrogen and oxygen atoms in total. The molecule has 0 bridgehead atoms. The van der Waals surface area contributed by atoms with E-state index in [0.717, 1.165) is 12.1 Å². The Morgan fingerprint density at radius 1 is 1.47 bits per heavy atom. The van der Waals surface area contributed by atoms with Crippen LogP contribution in [0.15, 0.2) is 10.9 Å². The number of carbonyl (C=O) groups is 1. The molecule has 3 rings (SSSR count). The van der Waals surface area contributed by atoms with Crippen LogP contribution in [0.5, 0.6) is 0 Å². The topological polar surface area (TPSA) is 70.5 Å². The van der Waals surface area contributed by atoms with Gasteiger partial charge in [0.1, 0.15) is 11.3 Å². The number of H-pyrrole nitrogens is 1. The summed E-state index contributed by atoms with van der Waals surface area (Å²) in [7, 11) is 0. The minimum atomic E-state index is -0.198.